The summed E-state index contributed by atoms with van der Waals surface area (Å²) in [5.74, 6) is -13.3. The fourth-order valence-electron chi connectivity index (χ4n) is 14.4. The average Bonchev–Trinajstić information content (AvgIpc) is 1.58. The van der Waals surface area contributed by atoms with Gasteiger partial charge in [0.15, 0.2) is 40.5 Å². The minimum absolute atomic E-state index is 0.0101. The summed E-state index contributed by atoms with van der Waals surface area (Å²) in [4.78, 5) is 81.0. The highest BCUT2D eigenvalue weighted by Gasteiger charge is 2.62. The van der Waals surface area contributed by atoms with Crippen molar-refractivity contribution in [3.63, 3.8) is 0 Å². The Labute approximate surface area is 640 Å². The number of fused-ring (bicyclic) bond motifs is 1. The first kappa shape index (κ1) is 80.7. The van der Waals surface area contributed by atoms with Gasteiger partial charge in [-0.15, -0.1) is 10.2 Å². The number of carbonyl (C=O) groups is 4. The molecule has 0 saturated heterocycles. The maximum Gasteiger partial charge on any atom is 0.451 e. The van der Waals surface area contributed by atoms with Crippen LogP contribution in [0.4, 0.5) is 58.4 Å². The van der Waals surface area contributed by atoms with Crippen molar-refractivity contribution in [3.8, 4) is 21.9 Å². The lowest BCUT2D eigenvalue weighted by atomic mass is 9.75. The molecule has 111 heavy (non-hydrogen) atoms. The summed E-state index contributed by atoms with van der Waals surface area (Å²) in [6, 6.07) is 16.8. The number of ether oxygens (including phenoxy) is 2. The van der Waals surface area contributed by atoms with Crippen molar-refractivity contribution in [1.82, 2.24) is 63.5 Å². The number of hydrogen-bond donors (Lipinski definition) is 2. The summed E-state index contributed by atoms with van der Waals surface area (Å²) in [7, 11) is 0. The molecule has 4 aromatic heterocycles. The van der Waals surface area contributed by atoms with Gasteiger partial charge in [0.2, 0.25) is 5.82 Å². The lowest BCUT2D eigenvalue weighted by Crippen LogP contribution is -2.47. The number of nitrogens with two attached hydrogens (primary N) is 2. The van der Waals surface area contributed by atoms with E-state index in [1.54, 1.807) is 30.3 Å². The quantitative estimate of drug-likeness (QED) is 0.0420. The maximum absolute atomic E-state index is 16.2. The van der Waals surface area contributed by atoms with Crippen molar-refractivity contribution >= 4 is 76.1 Å². The third-order valence-electron chi connectivity index (χ3n) is 20.2. The normalized spacial score (nSPS) is 19.6. The summed E-state index contributed by atoms with van der Waals surface area (Å²) in [6.45, 7) is 11.7. The van der Waals surface area contributed by atoms with Gasteiger partial charge >= 0.3 is 18.1 Å². The maximum atomic E-state index is 16.2. The van der Waals surface area contributed by atoms with Gasteiger partial charge < -0.3 is 30.4 Å². The largest absolute Gasteiger partial charge is 0.463 e. The lowest BCUT2D eigenvalue weighted by Gasteiger charge is -2.35. The molecule has 4 atom stereocenters. The van der Waals surface area contributed by atoms with E-state index < -0.39 is 149 Å². The molecule has 0 unspecified atom stereocenters. The molecule has 24 nitrogen and oxygen atoms in total. The summed E-state index contributed by atoms with van der Waals surface area (Å²) >= 11 is 14.0. The Morgan fingerprint density at radius 2 is 1.08 bits per heavy atom. The number of esters is 2. The molecule has 2 fully saturated rings. The SMILES string of the molecule is CC(C)(C)C[C@]1(c2ccc(-c3ncns3)cc2F)N=C(N)N([C@H](COC(=O)CC2(C(C)(F)F)CC2)c2ccc(Cl)c(-n3ncnc3C(F)F)c2)C1=O.CC(C)(C)C[C@]1(c2ccc(N3CCn4c(nnc4C(F)(F)F)C3)cc2)N=C(N)N([C@H](COC(=O)CC2(C(C)(F)F)CC2)c2ccc(Cl)c(-n3ncnc3C(F)F)c2)C1=O. The molecule has 7 heterocycles. The highest BCUT2D eigenvalue weighted by Crippen LogP contribution is 2.61. The first-order valence-corrected chi connectivity index (χ1v) is 36.2. The van der Waals surface area contributed by atoms with Crippen molar-refractivity contribution in [2.75, 3.05) is 24.7 Å². The number of halogens is 14. The van der Waals surface area contributed by atoms with E-state index in [9.17, 15) is 62.7 Å². The molecule has 592 valence electrons. The Bertz CT molecular complexity index is 4910. The Hall–Kier alpha value is -9.78. The van der Waals surface area contributed by atoms with Gasteiger partial charge in [-0.2, -0.15) is 27.7 Å². The van der Waals surface area contributed by atoms with Gasteiger partial charge in [0.1, 0.15) is 43.0 Å². The van der Waals surface area contributed by atoms with Crippen LogP contribution < -0.4 is 16.4 Å². The van der Waals surface area contributed by atoms with Crippen LogP contribution in [0.15, 0.2) is 108 Å². The standard InChI is InChI=1S/C38H40ClF7N10O3.C34H34ClF5N8O3S/c1-34(2,3)19-37(22-6-8-23(9-7-22)53-13-14-54-27(17-53)51-52-31(54)38(44,45)46)32(58)55(33(47)50-37)26(18-59-28(57)16-36(11-12-36)35(4,42)43)21-5-10-24(39)25(15-21)56-30(29(40)41)48-20-49-56;1-31(2,3)15-34(20-7-5-19(11-22(20)36)28-43-17-45-52-28)29(50)47(30(41)46-34)24(14-51-25(49)13-33(9-10-33)32(4,39)40)18-6-8-21(35)23(12-18)48-27(26(37)38)42-16-44-48/h5-10,15,20,26,29H,11-14,16-19H2,1-4H3,(H2,47,50);5-8,11-12,16-17,24,26H,9-10,13-15H2,1-4H3,(H2,41,46)/t26-,37-;24-,34-/m11/s1. The smallest absolute Gasteiger partial charge is 0.451 e. The Morgan fingerprint density at radius 3 is 1.51 bits per heavy atom. The van der Waals surface area contributed by atoms with E-state index in [4.69, 9.17) is 49.1 Å². The number of guanidine groups is 2. The third-order valence-corrected chi connectivity index (χ3v) is 21.6. The van der Waals surface area contributed by atoms with E-state index in [0.29, 0.717) is 21.8 Å². The van der Waals surface area contributed by atoms with Crippen LogP contribution in [0.5, 0.6) is 0 Å². The zero-order valence-corrected chi connectivity index (χ0v) is 63.0. The first-order valence-electron chi connectivity index (χ1n) is 34.7. The molecule has 2 aliphatic carbocycles. The van der Waals surface area contributed by atoms with Crippen LogP contribution in [-0.4, -0.2) is 131 Å². The Kier molecular flexibility index (Phi) is 21.6. The van der Waals surface area contributed by atoms with Crippen LogP contribution >= 0.6 is 34.7 Å². The van der Waals surface area contributed by atoms with Gasteiger partial charge in [-0.25, -0.2) is 73.8 Å². The van der Waals surface area contributed by atoms with E-state index in [2.05, 4.69) is 44.7 Å². The third kappa shape index (κ3) is 16.2. The highest BCUT2D eigenvalue weighted by molar-refractivity contribution is 7.09. The van der Waals surface area contributed by atoms with Crippen molar-refractivity contribution in [1.29, 1.82) is 0 Å². The van der Waals surface area contributed by atoms with Gasteiger partial charge in [0.25, 0.3) is 36.5 Å². The van der Waals surface area contributed by atoms with E-state index >= 15 is 9.18 Å². The Balaban J connectivity index is 0.000000208. The molecule has 2 amide bonds. The van der Waals surface area contributed by atoms with Crippen LogP contribution in [0, 0.1) is 27.5 Å². The van der Waals surface area contributed by atoms with Gasteiger partial charge in [0.05, 0.1) is 52.9 Å². The van der Waals surface area contributed by atoms with E-state index in [0.717, 1.165) is 61.8 Å². The molecule has 13 rings (SSSR count). The molecule has 8 aromatic rings. The second kappa shape index (κ2) is 29.7. The van der Waals surface area contributed by atoms with Crippen molar-refractivity contribution in [2.45, 2.75) is 174 Å². The first-order chi connectivity index (χ1) is 51.9. The zero-order valence-electron chi connectivity index (χ0n) is 60.7. The van der Waals surface area contributed by atoms with Gasteiger partial charge in [-0.05, 0) is 134 Å². The molecule has 5 aliphatic rings. The second-order valence-corrected chi connectivity index (χ2v) is 32.3. The summed E-state index contributed by atoms with van der Waals surface area (Å²) in [6.07, 6.45) is -8.11. The van der Waals surface area contributed by atoms with Crippen LogP contribution in [0.25, 0.3) is 21.9 Å². The topological polar surface area (TPSA) is 291 Å². The van der Waals surface area contributed by atoms with Crippen LogP contribution in [0.3, 0.4) is 0 Å². The minimum atomic E-state index is -4.65. The number of nitrogens with zero attached hydrogens (tertiary/aromatic N) is 16. The molecule has 4 N–H and O–H groups in total. The molecular formula is C72H74Cl2F12N18O6S. The van der Waals surface area contributed by atoms with Crippen molar-refractivity contribution < 1.29 is 81.3 Å². The highest BCUT2D eigenvalue weighted by atomic mass is 35.5. The van der Waals surface area contributed by atoms with Crippen molar-refractivity contribution in [2.24, 2.45) is 43.1 Å². The zero-order chi connectivity index (χ0) is 80.7. The average molecular weight is 1620 g/mol. The number of carbonyl (C=O) groups excluding carboxylic acids is 4. The number of alkyl halides is 11. The van der Waals surface area contributed by atoms with Crippen LogP contribution in [0.1, 0.15) is 177 Å². The molecular weight excluding hydrogens is 1540 g/mol. The number of hydrogen-bond acceptors (Lipinski definition) is 20. The fourth-order valence-corrected chi connectivity index (χ4v) is 15.3. The van der Waals surface area contributed by atoms with Crippen LogP contribution in [0.2, 0.25) is 10.0 Å². The molecule has 0 spiro atoms. The monoisotopic (exact) mass is 1620 g/mol. The Morgan fingerprint density at radius 1 is 0.604 bits per heavy atom. The van der Waals surface area contributed by atoms with E-state index in [-0.39, 0.29) is 114 Å². The molecule has 0 bridgehead atoms. The lowest BCUT2D eigenvalue weighted by molar-refractivity contribution is -0.153. The molecule has 4 aromatic carbocycles. The predicted octanol–water partition coefficient (Wildman–Crippen LogP) is 14.8. The number of benzene rings is 4. The number of aliphatic imine (C=N–C) groups is 2. The van der Waals surface area contributed by atoms with Gasteiger partial charge in [0, 0.05) is 40.7 Å². The number of amides is 2. The number of rotatable bonds is 24. The summed E-state index contributed by atoms with van der Waals surface area (Å²) < 4.78 is 187. The number of aromatic nitrogens is 11. The number of anilines is 1. The van der Waals surface area contributed by atoms with Gasteiger partial charge in [-0.1, -0.05) is 101 Å². The fraction of sp³-hybridized carbons (Fsp3) is 0.472. The van der Waals surface area contributed by atoms with E-state index in [1.807, 2.05) is 46.4 Å². The van der Waals surface area contributed by atoms with E-state index in [1.165, 1.54) is 54.9 Å². The van der Waals surface area contributed by atoms with Crippen LogP contribution in [-0.2, 0) is 59.0 Å². The molecule has 0 radical (unpaired) electrons. The molecule has 39 heteroatoms. The second-order valence-electron chi connectivity index (χ2n) is 30.7. The molecule has 3 aliphatic heterocycles. The predicted molar refractivity (Wildman–Crippen MR) is 380 cm³/mol. The minimum Gasteiger partial charge on any atom is -0.463 e. The molecule has 2 saturated carbocycles. The van der Waals surface area contributed by atoms with Gasteiger partial charge in [-0.3, -0.25) is 29.0 Å². The summed E-state index contributed by atoms with van der Waals surface area (Å²) in [5.41, 5.74) is 6.99. The summed E-state index contributed by atoms with van der Waals surface area (Å²) in [5, 5.41) is 15.3. The van der Waals surface area contributed by atoms with Crippen molar-refractivity contribution in [3.05, 3.63) is 159 Å².